The van der Waals surface area contributed by atoms with Crippen molar-refractivity contribution in [2.24, 2.45) is 0 Å². The number of nitrogens with one attached hydrogen (secondary N) is 1. The molecule has 2 aromatic heterocycles. The van der Waals surface area contributed by atoms with Crippen molar-refractivity contribution in [2.45, 2.75) is 31.9 Å². The van der Waals surface area contributed by atoms with Crippen molar-refractivity contribution in [3.8, 4) is 11.6 Å². The Balaban J connectivity index is 1.44. The van der Waals surface area contributed by atoms with Gasteiger partial charge in [0.2, 0.25) is 5.88 Å². The Morgan fingerprint density at radius 2 is 2.11 bits per heavy atom. The highest BCUT2D eigenvalue weighted by atomic mass is 16.5. The summed E-state index contributed by atoms with van der Waals surface area (Å²) in [6, 6.07) is 10.3. The molecule has 0 aliphatic carbocycles. The molecule has 1 aromatic carbocycles. The maximum absolute atomic E-state index is 5.97. The summed E-state index contributed by atoms with van der Waals surface area (Å²) in [4.78, 5) is 12.7. The molecule has 1 atom stereocenters. The molecule has 1 fully saturated rings. The van der Waals surface area contributed by atoms with Gasteiger partial charge in [-0.3, -0.25) is 0 Å². The van der Waals surface area contributed by atoms with E-state index in [9.17, 15) is 0 Å². The van der Waals surface area contributed by atoms with Gasteiger partial charge in [-0.25, -0.2) is 15.0 Å². The Morgan fingerprint density at radius 3 is 2.93 bits per heavy atom. The molecule has 1 unspecified atom stereocenters. The smallest absolute Gasteiger partial charge is 0.218 e. The van der Waals surface area contributed by atoms with Crippen molar-refractivity contribution in [1.82, 2.24) is 19.5 Å². The lowest BCUT2D eigenvalue weighted by Crippen LogP contribution is -2.26. The molecule has 0 amide bonds. The van der Waals surface area contributed by atoms with Crippen molar-refractivity contribution in [1.29, 1.82) is 0 Å². The van der Waals surface area contributed by atoms with Gasteiger partial charge >= 0.3 is 0 Å². The standard InChI is InChI=1S/C20H23N5O2/c1-15(16-3-2-4-17(11-16)25-8-7-21-14-25)24-19-12-20(23-13-22-19)27-18-5-9-26-10-6-18/h2-4,7-8,11-15,18H,5-6,9-10H2,1H3,(H,22,23,24). The lowest BCUT2D eigenvalue weighted by atomic mass is 10.1. The van der Waals surface area contributed by atoms with E-state index in [1.54, 1.807) is 12.5 Å². The predicted molar refractivity (Wildman–Crippen MR) is 102 cm³/mol. The third-order valence-electron chi connectivity index (χ3n) is 4.63. The van der Waals surface area contributed by atoms with Gasteiger partial charge < -0.3 is 19.4 Å². The first-order valence-corrected chi connectivity index (χ1v) is 9.19. The summed E-state index contributed by atoms with van der Waals surface area (Å²) >= 11 is 0. The van der Waals surface area contributed by atoms with E-state index in [0.29, 0.717) is 5.88 Å². The average molecular weight is 365 g/mol. The predicted octanol–water partition coefficient (Wildman–Crippen LogP) is 3.39. The second-order valence-corrected chi connectivity index (χ2v) is 6.60. The van der Waals surface area contributed by atoms with Crippen LogP contribution in [0.1, 0.15) is 31.4 Å². The molecule has 27 heavy (non-hydrogen) atoms. The van der Waals surface area contributed by atoms with Crippen LogP contribution in [-0.2, 0) is 4.74 Å². The van der Waals surface area contributed by atoms with Gasteiger partial charge in [0.25, 0.3) is 0 Å². The van der Waals surface area contributed by atoms with Gasteiger partial charge in [0.1, 0.15) is 18.2 Å². The van der Waals surface area contributed by atoms with E-state index in [2.05, 4.69) is 45.4 Å². The van der Waals surface area contributed by atoms with E-state index in [-0.39, 0.29) is 12.1 Å². The van der Waals surface area contributed by atoms with Gasteiger partial charge in [-0.2, -0.15) is 0 Å². The average Bonchev–Trinajstić information content (AvgIpc) is 3.24. The first-order chi connectivity index (χ1) is 13.3. The summed E-state index contributed by atoms with van der Waals surface area (Å²) in [7, 11) is 0. The van der Waals surface area contributed by atoms with Crippen LogP contribution in [0.5, 0.6) is 5.88 Å². The summed E-state index contributed by atoms with van der Waals surface area (Å²) < 4.78 is 13.3. The highest BCUT2D eigenvalue weighted by Gasteiger charge is 2.16. The Morgan fingerprint density at radius 1 is 1.22 bits per heavy atom. The minimum absolute atomic E-state index is 0.0827. The molecule has 1 N–H and O–H groups in total. The summed E-state index contributed by atoms with van der Waals surface area (Å²) in [5, 5.41) is 3.43. The van der Waals surface area contributed by atoms with E-state index in [0.717, 1.165) is 43.1 Å². The molecule has 1 aliphatic rings. The Kier molecular flexibility index (Phi) is 5.29. The fourth-order valence-corrected chi connectivity index (χ4v) is 3.12. The molecule has 4 rings (SSSR count). The normalized spacial score (nSPS) is 16.0. The first-order valence-electron chi connectivity index (χ1n) is 9.19. The van der Waals surface area contributed by atoms with E-state index < -0.39 is 0 Å². The summed E-state index contributed by atoms with van der Waals surface area (Å²) in [5.74, 6) is 1.34. The van der Waals surface area contributed by atoms with Crippen molar-refractivity contribution in [3.63, 3.8) is 0 Å². The van der Waals surface area contributed by atoms with Crippen LogP contribution < -0.4 is 10.1 Å². The number of hydrogen-bond acceptors (Lipinski definition) is 6. The molecule has 7 nitrogen and oxygen atoms in total. The molecule has 3 aromatic rings. The number of aromatic nitrogens is 4. The molecule has 0 bridgehead atoms. The molecular weight excluding hydrogens is 342 g/mol. The summed E-state index contributed by atoms with van der Waals surface area (Å²) in [6.45, 7) is 3.59. The van der Waals surface area contributed by atoms with Crippen LogP contribution in [0.25, 0.3) is 5.69 Å². The van der Waals surface area contributed by atoms with Crippen molar-refractivity contribution in [3.05, 3.63) is 60.9 Å². The van der Waals surface area contributed by atoms with E-state index in [4.69, 9.17) is 9.47 Å². The van der Waals surface area contributed by atoms with Crippen LogP contribution in [0, 0.1) is 0 Å². The molecule has 7 heteroatoms. The van der Waals surface area contributed by atoms with Gasteiger partial charge in [0.15, 0.2) is 0 Å². The third kappa shape index (κ3) is 4.43. The van der Waals surface area contributed by atoms with Crippen molar-refractivity contribution >= 4 is 5.82 Å². The topological polar surface area (TPSA) is 74.1 Å². The van der Waals surface area contributed by atoms with Gasteiger partial charge in [0, 0.05) is 37.0 Å². The number of benzene rings is 1. The second-order valence-electron chi connectivity index (χ2n) is 6.60. The van der Waals surface area contributed by atoms with Crippen LogP contribution in [0.3, 0.4) is 0 Å². The number of hydrogen-bond donors (Lipinski definition) is 1. The lowest BCUT2D eigenvalue weighted by molar-refractivity contribution is 0.0237. The third-order valence-corrected chi connectivity index (χ3v) is 4.63. The zero-order chi connectivity index (χ0) is 18.5. The van der Waals surface area contributed by atoms with Gasteiger partial charge in [-0.05, 0) is 24.6 Å². The maximum atomic E-state index is 5.97. The second kappa shape index (κ2) is 8.18. The molecule has 0 saturated carbocycles. The minimum Gasteiger partial charge on any atom is -0.474 e. The van der Waals surface area contributed by atoms with Gasteiger partial charge in [-0.15, -0.1) is 0 Å². The summed E-state index contributed by atoms with van der Waals surface area (Å²) in [5.41, 5.74) is 2.23. The van der Waals surface area contributed by atoms with Gasteiger partial charge in [-0.1, -0.05) is 12.1 Å². The molecule has 0 spiro atoms. The monoisotopic (exact) mass is 365 g/mol. The fraction of sp³-hybridized carbons (Fsp3) is 0.350. The van der Waals surface area contributed by atoms with Crippen LogP contribution in [-0.4, -0.2) is 38.8 Å². The van der Waals surface area contributed by atoms with E-state index in [1.165, 1.54) is 6.33 Å². The Bertz CT molecular complexity index is 862. The Labute approximate surface area is 158 Å². The molecule has 1 saturated heterocycles. The fourth-order valence-electron chi connectivity index (χ4n) is 3.12. The molecule has 0 radical (unpaired) electrons. The number of rotatable bonds is 6. The van der Waals surface area contributed by atoms with Crippen LogP contribution >= 0.6 is 0 Å². The molecular formula is C20H23N5O2. The van der Waals surface area contributed by atoms with Crippen LogP contribution in [0.2, 0.25) is 0 Å². The molecule has 1 aliphatic heterocycles. The number of imidazole rings is 1. The van der Waals surface area contributed by atoms with Crippen molar-refractivity contribution < 1.29 is 9.47 Å². The zero-order valence-electron chi connectivity index (χ0n) is 15.3. The quantitative estimate of drug-likeness (QED) is 0.722. The first kappa shape index (κ1) is 17.5. The number of anilines is 1. The zero-order valence-corrected chi connectivity index (χ0v) is 15.3. The molecule has 3 heterocycles. The minimum atomic E-state index is 0.0827. The Hall–Kier alpha value is -2.93. The molecule has 140 valence electrons. The van der Waals surface area contributed by atoms with Crippen LogP contribution in [0.4, 0.5) is 5.82 Å². The van der Waals surface area contributed by atoms with E-state index >= 15 is 0 Å². The van der Waals surface area contributed by atoms with Crippen LogP contribution in [0.15, 0.2) is 55.4 Å². The highest BCUT2D eigenvalue weighted by Crippen LogP contribution is 2.23. The van der Waals surface area contributed by atoms with E-state index in [1.807, 2.05) is 22.9 Å². The maximum Gasteiger partial charge on any atom is 0.218 e. The SMILES string of the molecule is CC(Nc1cc(OC2CCOCC2)ncn1)c1cccc(-n2ccnc2)c1. The lowest BCUT2D eigenvalue weighted by Gasteiger charge is -2.23. The summed E-state index contributed by atoms with van der Waals surface area (Å²) in [6.07, 6.45) is 8.98. The van der Waals surface area contributed by atoms with Crippen molar-refractivity contribution in [2.75, 3.05) is 18.5 Å². The largest absolute Gasteiger partial charge is 0.474 e. The number of nitrogens with zero attached hydrogens (tertiary/aromatic N) is 4. The highest BCUT2D eigenvalue weighted by molar-refractivity contribution is 5.43. The number of ether oxygens (including phenoxy) is 2. The van der Waals surface area contributed by atoms with Gasteiger partial charge in [0.05, 0.1) is 25.6 Å².